The van der Waals surface area contributed by atoms with Gasteiger partial charge in [0.2, 0.25) is 5.91 Å². The molecule has 112 valence electrons. The maximum Gasteiger partial charge on any atom is 0.220 e. The summed E-state index contributed by atoms with van der Waals surface area (Å²) < 4.78 is 5.44. The number of hydrogen-bond acceptors (Lipinski definition) is 4. The first kappa shape index (κ1) is 16.5. The van der Waals surface area contributed by atoms with Gasteiger partial charge in [-0.25, -0.2) is 0 Å². The molecule has 0 aromatic heterocycles. The zero-order valence-corrected chi connectivity index (χ0v) is 12.0. The van der Waals surface area contributed by atoms with Gasteiger partial charge >= 0.3 is 0 Å². The van der Waals surface area contributed by atoms with Gasteiger partial charge < -0.3 is 20.5 Å². The maximum atomic E-state index is 11.2. The minimum Gasteiger partial charge on any atom is -0.491 e. The summed E-state index contributed by atoms with van der Waals surface area (Å²) in [5.41, 5.74) is 0. The fraction of sp³-hybridized carbons (Fsp3) is 0.533. The van der Waals surface area contributed by atoms with Gasteiger partial charge in [-0.3, -0.25) is 4.79 Å². The molecule has 0 saturated carbocycles. The Morgan fingerprint density at radius 1 is 1.30 bits per heavy atom. The van der Waals surface area contributed by atoms with Gasteiger partial charge in [0.1, 0.15) is 18.5 Å². The van der Waals surface area contributed by atoms with Gasteiger partial charge in [0.25, 0.3) is 0 Å². The van der Waals surface area contributed by atoms with Crippen molar-refractivity contribution in [2.45, 2.75) is 25.9 Å². The van der Waals surface area contributed by atoms with E-state index in [0.29, 0.717) is 26.1 Å². The molecule has 1 aromatic carbocycles. The highest BCUT2D eigenvalue weighted by molar-refractivity contribution is 5.75. The van der Waals surface area contributed by atoms with Gasteiger partial charge in [0.15, 0.2) is 0 Å². The summed E-state index contributed by atoms with van der Waals surface area (Å²) in [5.74, 6) is 0.820. The molecule has 3 N–H and O–H groups in total. The van der Waals surface area contributed by atoms with Crippen LogP contribution in [0.5, 0.6) is 5.75 Å². The molecular formula is C15H24N2O3. The van der Waals surface area contributed by atoms with Crippen molar-refractivity contribution in [2.75, 3.05) is 26.2 Å². The molecule has 0 saturated heterocycles. The van der Waals surface area contributed by atoms with Crippen molar-refractivity contribution in [3.05, 3.63) is 30.3 Å². The van der Waals surface area contributed by atoms with Gasteiger partial charge in [0.05, 0.1) is 0 Å². The van der Waals surface area contributed by atoms with E-state index in [9.17, 15) is 9.90 Å². The van der Waals surface area contributed by atoms with Gasteiger partial charge in [-0.15, -0.1) is 0 Å². The number of carbonyl (C=O) groups is 1. The Hall–Kier alpha value is -1.59. The van der Waals surface area contributed by atoms with Crippen LogP contribution in [0.2, 0.25) is 0 Å². The van der Waals surface area contributed by atoms with Crippen LogP contribution in [0.1, 0.15) is 19.8 Å². The number of amides is 1. The molecule has 1 atom stereocenters. The fourth-order valence-corrected chi connectivity index (χ4v) is 1.64. The van der Waals surface area contributed by atoms with Crippen LogP contribution in [0, 0.1) is 0 Å². The lowest BCUT2D eigenvalue weighted by Gasteiger charge is -2.13. The molecule has 0 bridgehead atoms. The normalized spacial score (nSPS) is 11.9. The molecule has 0 aliphatic rings. The number of nitrogens with one attached hydrogen (secondary N) is 2. The number of ether oxygens (including phenoxy) is 1. The molecule has 0 heterocycles. The van der Waals surface area contributed by atoms with Crippen molar-refractivity contribution >= 4 is 5.91 Å². The van der Waals surface area contributed by atoms with Gasteiger partial charge in [-0.05, 0) is 18.6 Å². The van der Waals surface area contributed by atoms with Crippen molar-refractivity contribution in [1.82, 2.24) is 10.6 Å². The topological polar surface area (TPSA) is 70.6 Å². The van der Waals surface area contributed by atoms with Gasteiger partial charge in [0, 0.05) is 26.1 Å². The summed E-state index contributed by atoms with van der Waals surface area (Å²) in [5, 5.41) is 15.6. The van der Waals surface area contributed by atoms with E-state index in [1.54, 1.807) is 0 Å². The smallest absolute Gasteiger partial charge is 0.220 e. The van der Waals surface area contributed by atoms with Crippen LogP contribution in [0.25, 0.3) is 0 Å². The molecule has 5 nitrogen and oxygen atoms in total. The molecule has 0 radical (unpaired) electrons. The third-order valence-corrected chi connectivity index (χ3v) is 2.67. The molecule has 0 aliphatic heterocycles. The second kappa shape index (κ2) is 10.2. The molecule has 1 amide bonds. The van der Waals surface area contributed by atoms with Crippen LogP contribution < -0.4 is 15.4 Å². The molecule has 0 unspecified atom stereocenters. The standard InChI is InChI=1S/C15H24N2O3/c1-2-6-15(19)17-10-9-16-11-13(18)12-20-14-7-4-3-5-8-14/h3-5,7-8,13,16,18H,2,6,9-12H2,1H3,(H,17,19)/t13-/m0/s1. The summed E-state index contributed by atoms with van der Waals surface area (Å²) >= 11 is 0. The zero-order valence-electron chi connectivity index (χ0n) is 12.0. The van der Waals surface area contributed by atoms with Crippen molar-refractivity contribution in [3.8, 4) is 5.75 Å². The van der Waals surface area contributed by atoms with E-state index in [-0.39, 0.29) is 12.5 Å². The minimum atomic E-state index is -0.568. The van der Waals surface area contributed by atoms with E-state index >= 15 is 0 Å². The summed E-state index contributed by atoms with van der Waals surface area (Å²) in [6.07, 6.45) is 0.851. The van der Waals surface area contributed by atoms with Crippen molar-refractivity contribution in [1.29, 1.82) is 0 Å². The maximum absolute atomic E-state index is 11.2. The lowest BCUT2D eigenvalue weighted by molar-refractivity contribution is -0.121. The quantitative estimate of drug-likeness (QED) is 0.558. The molecule has 5 heteroatoms. The summed E-state index contributed by atoms with van der Waals surface area (Å²) in [4.78, 5) is 11.2. The number of benzene rings is 1. The SMILES string of the molecule is CCCC(=O)NCCNC[C@H](O)COc1ccccc1. The highest BCUT2D eigenvalue weighted by Gasteiger charge is 2.04. The molecule has 20 heavy (non-hydrogen) atoms. The number of aliphatic hydroxyl groups is 1. The molecule has 0 aliphatic carbocycles. The Balaban J connectivity index is 2.00. The first-order valence-corrected chi connectivity index (χ1v) is 7.05. The van der Waals surface area contributed by atoms with Crippen LogP contribution in [0.15, 0.2) is 30.3 Å². The summed E-state index contributed by atoms with van der Waals surface area (Å²) in [6.45, 7) is 3.87. The predicted octanol–water partition coefficient (Wildman–Crippen LogP) is 0.932. The van der Waals surface area contributed by atoms with Crippen LogP contribution in [-0.4, -0.2) is 43.4 Å². The average molecular weight is 280 g/mol. The van der Waals surface area contributed by atoms with Gasteiger partial charge in [-0.1, -0.05) is 25.1 Å². The largest absolute Gasteiger partial charge is 0.491 e. The first-order valence-electron chi connectivity index (χ1n) is 7.05. The monoisotopic (exact) mass is 280 g/mol. The van der Waals surface area contributed by atoms with E-state index in [0.717, 1.165) is 12.2 Å². The van der Waals surface area contributed by atoms with Crippen LogP contribution in [0.4, 0.5) is 0 Å². The number of hydrogen-bond donors (Lipinski definition) is 3. The Morgan fingerprint density at radius 3 is 2.75 bits per heavy atom. The number of rotatable bonds is 10. The highest BCUT2D eigenvalue weighted by Crippen LogP contribution is 2.08. The van der Waals surface area contributed by atoms with E-state index in [2.05, 4.69) is 10.6 Å². The second-order valence-corrected chi connectivity index (χ2v) is 4.58. The molecule has 1 aromatic rings. The Bertz CT molecular complexity index is 371. The van der Waals surface area contributed by atoms with Crippen LogP contribution in [-0.2, 0) is 4.79 Å². The van der Waals surface area contributed by atoms with E-state index < -0.39 is 6.10 Å². The van der Waals surface area contributed by atoms with Crippen LogP contribution in [0.3, 0.4) is 0 Å². The lowest BCUT2D eigenvalue weighted by Crippen LogP contribution is -2.37. The van der Waals surface area contributed by atoms with Crippen LogP contribution >= 0.6 is 0 Å². The average Bonchev–Trinajstić information content (AvgIpc) is 2.46. The summed E-state index contributed by atoms with van der Waals surface area (Å²) in [7, 11) is 0. The molecule has 0 spiro atoms. The first-order chi connectivity index (χ1) is 9.72. The van der Waals surface area contributed by atoms with E-state index in [1.807, 2.05) is 37.3 Å². The number of aliphatic hydroxyl groups excluding tert-OH is 1. The molecular weight excluding hydrogens is 256 g/mol. The predicted molar refractivity (Wildman–Crippen MR) is 78.7 cm³/mol. The Labute approximate surface area is 120 Å². The second-order valence-electron chi connectivity index (χ2n) is 4.58. The number of para-hydroxylation sites is 1. The zero-order chi connectivity index (χ0) is 14.6. The van der Waals surface area contributed by atoms with E-state index in [1.165, 1.54) is 0 Å². The molecule has 0 fully saturated rings. The third kappa shape index (κ3) is 7.76. The minimum absolute atomic E-state index is 0.0715. The van der Waals surface area contributed by atoms with Gasteiger partial charge in [-0.2, -0.15) is 0 Å². The molecule has 1 rings (SSSR count). The van der Waals surface area contributed by atoms with Crippen molar-refractivity contribution < 1.29 is 14.6 Å². The van der Waals surface area contributed by atoms with E-state index in [4.69, 9.17) is 4.74 Å². The lowest BCUT2D eigenvalue weighted by atomic mass is 10.3. The third-order valence-electron chi connectivity index (χ3n) is 2.67. The summed E-state index contributed by atoms with van der Waals surface area (Å²) in [6, 6.07) is 9.39. The highest BCUT2D eigenvalue weighted by atomic mass is 16.5. The number of carbonyl (C=O) groups excluding carboxylic acids is 1. The van der Waals surface area contributed by atoms with Crippen molar-refractivity contribution in [2.24, 2.45) is 0 Å². The Kier molecular flexibility index (Phi) is 8.42. The fourth-order valence-electron chi connectivity index (χ4n) is 1.64. The Morgan fingerprint density at radius 2 is 2.05 bits per heavy atom. The van der Waals surface area contributed by atoms with Crippen molar-refractivity contribution in [3.63, 3.8) is 0 Å².